The molecule has 2 heterocycles. The van der Waals surface area contributed by atoms with Crippen LogP contribution < -0.4 is 5.32 Å². The van der Waals surface area contributed by atoms with E-state index in [2.05, 4.69) is 15.5 Å². The standard InChI is InChI=1S/C14H12N4O2/c1-18-8-7-15-14(18)16-13(19)12-9-11(17-20-12)10-5-3-2-4-6-10/h2-9H,1H3,(H,15,16,19). The van der Waals surface area contributed by atoms with E-state index in [-0.39, 0.29) is 11.7 Å². The second kappa shape index (κ2) is 5.00. The van der Waals surface area contributed by atoms with Crippen molar-refractivity contribution in [3.63, 3.8) is 0 Å². The lowest BCUT2D eigenvalue weighted by atomic mass is 10.1. The van der Waals surface area contributed by atoms with Crippen LogP contribution in [0, 0.1) is 0 Å². The molecule has 0 atom stereocenters. The molecule has 3 aromatic rings. The normalized spacial score (nSPS) is 10.4. The number of nitrogens with zero attached hydrogens (tertiary/aromatic N) is 3. The quantitative estimate of drug-likeness (QED) is 0.791. The van der Waals surface area contributed by atoms with Crippen LogP contribution >= 0.6 is 0 Å². The van der Waals surface area contributed by atoms with Gasteiger partial charge in [-0.05, 0) is 0 Å². The first-order valence-corrected chi connectivity index (χ1v) is 6.05. The molecule has 1 amide bonds. The number of aryl methyl sites for hydroxylation is 1. The zero-order chi connectivity index (χ0) is 13.9. The highest BCUT2D eigenvalue weighted by molar-refractivity contribution is 6.01. The highest BCUT2D eigenvalue weighted by Gasteiger charge is 2.15. The Morgan fingerprint density at radius 1 is 1.30 bits per heavy atom. The van der Waals surface area contributed by atoms with Crippen molar-refractivity contribution in [1.29, 1.82) is 0 Å². The Morgan fingerprint density at radius 3 is 2.80 bits per heavy atom. The van der Waals surface area contributed by atoms with Gasteiger partial charge in [-0.15, -0.1) is 0 Å². The zero-order valence-electron chi connectivity index (χ0n) is 10.8. The second-order valence-electron chi connectivity index (χ2n) is 4.26. The van der Waals surface area contributed by atoms with Crippen molar-refractivity contribution in [3.05, 3.63) is 54.6 Å². The van der Waals surface area contributed by atoms with Gasteiger partial charge < -0.3 is 9.09 Å². The maximum Gasteiger partial charge on any atom is 0.296 e. The Labute approximate surface area is 115 Å². The second-order valence-corrected chi connectivity index (χ2v) is 4.26. The number of carbonyl (C=O) groups excluding carboxylic acids is 1. The Kier molecular flexibility index (Phi) is 3.04. The van der Waals surface area contributed by atoms with Gasteiger partial charge in [0.15, 0.2) is 0 Å². The highest BCUT2D eigenvalue weighted by Crippen LogP contribution is 2.19. The number of hydrogen-bond acceptors (Lipinski definition) is 4. The molecule has 6 nitrogen and oxygen atoms in total. The van der Waals surface area contributed by atoms with Crippen LogP contribution in [-0.4, -0.2) is 20.6 Å². The van der Waals surface area contributed by atoms with Crippen LogP contribution in [0.25, 0.3) is 11.3 Å². The molecular formula is C14H12N4O2. The number of aromatic nitrogens is 3. The average molecular weight is 268 g/mol. The van der Waals surface area contributed by atoms with E-state index in [4.69, 9.17) is 4.52 Å². The lowest BCUT2D eigenvalue weighted by molar-refractivity contribution is 0.0987. The van der Waals surface area contributed by atoms with Gasteiger partial charge in [0.2, 0.25) is 11.7 Å². The van der Waals surface area contributed by atoms with E-state index in [1.807, 2.05) is 30.3 Å². The average Bonchev–Trinajstić information content (AvgIpc) is 3.10. The van der Waals surface area contributed by atoms with Crippen LogP contribution in [0.2, 0.25) is 0 Å². The molecule has 0 saturated carbocycles. The molecule has 20 heavy (non-hydrogen) atoms. The minimum Gasteiger partial charge on any atom is -0.350 e. The summed E-state index contributed by atoms with van der Waals surface area (Å²) in [5.74, 6) is 0.216. The SMILES string of the molecule is Cn1ccnc1NC(=O)c1cc(-c2ccccc2)no1. The molecule has 0 aliphatic heterocycles. The molecule has 3 rings (SSSR count). The summed E-state index contributed by atoms with van der Waals surface area (Å²) in [6, 6.07) is 11.1. The summed E-state index contributed by atoms with van der Waals surface area (Å²) in [6.07, 6.45) is 3.34. The van der Waals surface area contributed by atoms with Crippen molar-refractivity contribution >= 4 is 11.9 Å². The van der Waals surface area contributed by atoms with Crippen LogP contribution in [0.15, 0.2) is 53.3 Å². The maximum atomic E-state index is 12.0. The highest BCUT2D eigenvalue weighted by atomic mass is 16.5. The van der Waals surface area contributed by atoms with Gasteiger partial charge >= 0.3 is 0 Å². The fourth-order valence-electron chi connectivity index (χ4n) is 1.78. The van der Waals surface area contributed by atoms with Crippen molar-refractivity contribution in [2.45, 2.75) is 0 Å². The summed E-state index contributed by atoms with van der Waals surface area (Å²) in [4.78, 5) is 16.0. The first kappa shape index (κ1) is 12.2. The van der Waals surface area contributed by atoms with Gasteiger partial charge in [-0.25, -0.2) is 4.98 Å². The van der Waals surface area contributed by atoms with Gasteiger partial charge in [0.25, 0.3) is 5.91 Å². The molecule has 0 saturated heterocycles. The van der Waals surface area contributed by atoms with E-state index >= 15 is 0 Å². The van der Waals surface area contributed by atoms with E-state index < -0.39 is 0 Å². The number of benzene rings is 1. The molecule has 0 aliphatic carbocycles. The number of nitrogens with one attached hydrogen (secondary N) is 1. The molecule has 6 heteroatoms. The van der Waals surface area contributed by atoms with Crippen molar-refractivity contribution in [2.75, 3.05) is 5.32 Å². The van der Waals surface area contributed by atoms with E-state index in [9.17, 15) is 4.79 Å². The maximum absolute atomic E-state index is 12.0. The fourth-order valence-corrected chi connectivity index (χ4v) is 1.78. The lowest BCUT2D eigenvalue weighted by Crippen LogP contribution is -2.14. The monoisotopic (exact) mass is 268 g/mol. The third kappa shape index (κ3) is 2.31. The van der Waals surface area contributed by atoms with Crippen molar-refractivity contribution < 1.29 is 9.32 Å². The van der Waals surface area contributed by atoms with Crippen molar-refractivity contribution in [2.24, 2.45) is 7.05 Å². The van der Waals surface area contributed by atoms with Gasteiger partial charge in [-0.2, -0.15) is 0 Å². The zero-order valence-corrected chi connectivity index (χ0v) is 10.8. The predicted octanol–water partition coefficient (Wildman–Crippen LogP) is 2.33. The summed E-state index contributed by atoms with van der Waals surface area (Å²) in [6.45, 7) is 0. The van der Waals surface area contributed by atoms with Gasteiger partial charge in [-0.3, -0.25) is 10.1 Å². The topological polar surface area (TPSA) is 73.0 Å². The summed E-state index contributed by atoms with van der Waals surface area (Å²) in [5.41, 5.74) is 1.52. The Bertz CT molecular complexity index is 730. The Balaban J connectivity index is 1.80. The first-order valence-electron chi connectivity index (χ1n) is 6.05. The third-order valence-electron chi connectivity index (χ3n) is 2.85. The minimum absolute atomic E-state index is 0.145. The van der Waals surface area contributed by atoms with E-state index in [1.54, 1.807) is 30.1 Å². The predicted molar refractivity (Wildman–Crippen MR) is 73.1 cm³/mol. The minimum atomic E-state index is -0.381. The largest absolute Gasteiger partial charge is 0.350 e. The molecule has 0 aliphatic rings. The van der Waals surface area contributed by atoms with Gasteiger partial charge in [0, 0.05) is 31.1 Å². The van der Waals surface area contributed by atoms with E-state index in [0.717, 1.165) is 5.56 Å². The molecule has 0 fully saturated rings. The van der Waals surface area contributed by atoms with Gasteiger partial charge in [-0.1, -0.05) is 35.5 Å². The van der Waals surface area contributed by atoms with Crippen molar-refractivity contribution in [1.82, 2.24) is 14.7 Å². The molecule has 100 valence electrons. The first-order chi connectivity index (χ1) is 9.74. The summed E-state index contributed by atoms with van der Waals surface area (Å²) in [7, 11) is 1.79. The molecule has 0 bridgehead atoms. The lowest BCUT2D eigenvalue weighted by Gasteiger charge is -2.01. The number of imidazole rings is 1. The number of carbonyl (C=O) groups is 1. The molecular weight excluding hydrogens is 256 g/mol. The number of hydrogen-bond donors (Lipinski definition) is 1. The van der Waals surface area contributed by atoms with Gasteiger partial charge in [0.1, 0.15) is 5.69 Å². The molecule has 0 spiro atoms. The molecule has 1 aromatic carbocycles. The summed E-state index contributed by atoms with van der Waals surface area (Å²) < 4.78 is 6.77. The molecule has 1 N–H and O–H groups in total. The molecule has 2 aromatic heterocycles. The molecule has 0 radical (unpaired) electrons. The van der Waals surface area contributed by atoms with Crippen LogP contribution in [-0.2, 0) is 7.05 Å². The van der Waals surface area contributed by atoms with Crippen LogP contribution in [0.5, 0.6) is 0 Å². The number of amides is 1. The Hall–Kier alpha value is -2.89. The molecule has 0 unspecified atom stereocenters. The van der Waals surface area contributed by atoms with Crippen LogP contribution in [0.3, 0.4) is 0 Å². The van der Waals surface area contributed by atoms with Crippen molar-refractivity contribution in [3.8, 4) is 11.3 Å². The summed E-state index contributed by atoms with van der Waals surface area (Å²) in [5, 5.41) is 6.55. The summed E-state index contributed by atoms with van der Waals surface area (Å²) >= 11 is 0. The van der Waals surface area contributed by atoms with Crippen LogP contribution in [0.4, 0.5) is 5.95 Å². The van der Waals surface area contributed by atoms with Gasteiger partial charge in [0.05, 0.1) is 0 Å². The number of rotatable bonds is 3. The fraction of sp³-hybridized carbons (Fsp3) is 0.0714. The smallest absolute Gasteiger partial charge is 0.296 e. The van der Waals surface area contributed by atoms with E-state index in [1.165, 1.54) is 0 Å². The Morgan fingerprint density at radius 2 is 2.10 bits per heavy atom. The van der Waals surface area contributed by atoms with Crippen LogP contribution in [0.1, 0.15) is 10.6 Å². The third-order valence-corrected chi connectivity index (χ3v) is 2.85. The number of anilines is 1. The van der Waals surface area contributed by atoms with E-state index in [0.29, 0.717) is 11.6 Å².